The fourth-order valence-corrected chi connectivity index (χ4v) is 7.28. The van der Waals surface area contributed by atoms with Crippen LogP contribution in [0.15, 0.2) is 18.3 Å². The number of carbonyl (C=O) groups is 1. The summed E-state index contributed by atoms with van der Waals surface area (Å²) in [6.07, 6.45) is 7.49. The maximum Gasteiger partial charge on any atom is 0.337 e. The van der Waals surface area contributed by atoms with E-state index in [-0.39, 0.29) is 0 Å². The summed E-state index contributed by atoms with van der Waals surface area (Å²) in [4.78, 5) is 15.3. The van der Waals surface area contributed by atoms with Crippen molar-refractivity contribution < 1.29 is 23.8 Å². The molecule has 0 radical (unpaired) electrons. The Bertz CT molecular complexity index is 1370. The van der Waals surface area contributed by atoms with Crippen molar-refractivity contribution in [1.29, 1.82) is 0 Å². The first kappa shape index (κ1) is 29.6. The van der Waals surface area contributed by atoms with E-state index < -0.39 is 23.5 Å². The normalized spacial score (nSPS) is 18.5. The van der Waals surface area contributed by atoms with Crippen LogP contribution in [0, 0.1) is 32.5 Å². The smallest absolute Gasteiger partial charge is 0.337 e. The van der Waals surface area contributed by atoms with Crippen LogP contribution in [0.25, 0.3) is 11.1 Å². The van der Waals surface area contributed by atoms with E-state index in [0.717, 1.165) is 70.6 Å². The molecule has 5 nitrogen and oxygen atoms in total. The Balaban J connectivity index is 1.72. The van der Waals surface area contributed by atoms with E-state index in [9.17, 15) is 9.90 Å². The van der Waals surface area contributed by atoms with Gasteiger partial charge in [-0.3, -0.25) is 0 Å². The quantitative estimate of drug-likeness (QED) is 0.384. The lowest BCUT2D eigenvalue weighted by atomic mass is 9.78. The SMILES string of the molecule is C=C1Cc2c(C)c([C@H](OC(C)(C)C)C(=O)O)c(-c3cc(F)c4c(c3C)CCCO4)c(C)c2CN1CC1CCCCC1. The highest BCUT2D eigenvalue weighted by atomic mass is 19.1. The maximum absolute atomic E-state index is 15.6. The largest absolute Gasteiger partial charge is 0.490 e. The number of hydrogen-bond donors (Lipinski definition) is 1. The van der Waals surface area contributed by atoms with Gasteiger partial charge in [0.15, 0.2) is 17.7 Å². The Hall–Kier alpha value is -2.86. The molecule has 2 aliphatic heterocycles. The number of fused-ring (bicyclic) bond motifs is 2. The summed E-state index contributed by atoms with van der Waals surface area (Å²) in [6, 6.07) is 1.55. The zero-order chi connectivity index (χ0) is 29.6. The lowest BCUT2D eigenvalue weighted by molar-refractivity contribution is -0.160. The Morgan fingerprint density at radius 1 is 1.10 bits per heavy atom. The molecular formula is C35H46FNO4. The van der Waals surface area contributed by atoms with E-state index in [1.165, 1.54) is 37.7 Å². The van der Waals surface area contributed by atoms with E-state index in [1.54, 1.807) is 6.07 Å². The summed E-state index contributed by atoms with van der Waals surface area (Å²) in [7, 11) is 0. The van der Waals surface area contributed by atoms with Crippen LogP contribution in [0.3, 0.4) is 0 Å². The van der Waals surface area contributed by atoms with Crippen molar-refractivity contribution in [2.24, 2.45) is 5.92 Å². The topological polar surface area (TPSA) is 59.0 Å². The molecule has 5 rings (SSSR count). The summed E-state index contributed by atoms with van der Waals surface area (Å²) in [6.45, 7) is 18.4. The van der Waals surface area contributed by atoms with Crippen LogP contribution in [-0.4, -0.2) is 34.7 Å². The van der Waals surface area contributed by atoms with Gasteiger partial charge in [-0.15, -0.1) is 0 Å². The zero-order valence-electron chi connectivity index (χ0n) is 25.7. The van der Waals surface area contributed by atoms with Gasteiger partial charge in [0.1, 0.15) is 0 Å². The molecule has 2 aromatic rings. The van der Waals surface area contributed by atoms with Crippen molar-refractivity contribution in [3.8, 4) is 16.9 Å². The third-order valence-corrected chi connectivity index (χ3v) is 9.36. The number of nitrogens with zero attached hydrogens (tertiary/aromatic N) is 1. The Morgan fingerprint density at radius 2 is 1.80 bits per heavy atom. The molecule has 1 atom stereocenters. The number of carboxylic acids is 1. The van der Waals surface area contributed by atoms with Crippen LogP contribution in [0.4, 0.5) is 4.39 Å². The molecule has 1 N–H and O–H groups in total. The highest BCUT2D eigenvalue weighted by Crippen LogP contribution is 2.47. The Kier molecular flexibility index (Phi) is 8.26. The fraction of sp³-hybridized carbons (Fsp3) is 0.571. The van der Waals surface area contributed by atoms with Crippen LogP contribution in [0.2, 0.25) is 0 Å². The van der Waals surface area contributed by atoms with Crippen molar-refractivity contribution in [1.82, 2.24) is 4.90 Å². The molecule has 1 saturated carbocycles. The number of halogens is 1. The molecular weight excluding hydrogens is 517 g/mol. The summed E-state index contributed by atoms with van der Waals surface area (Å²) in [5.41, 5.74) is 8.61. The van der Waals surface area contributed by atoms with E-state index in [1.807, 2.05) is 34.6 Å². The lowest BCUT2D eigenvalue weighted by Crippen LogP contribution is -2.35. The molecule has 222 valence electrons. The molecule has 6 heteroatoms. The average molecular weight is 564 g/mol. The summed E-state index contributed by atoms with van der Waals surface area (Å²) in [5, 5.41) is 10.5. The van der Waals surface area contributed by atoms with Gasteiger partial charge in [0, 0.05) is 36.3 Å². The molecule has 2 heterocycles. The third kappa shape index (κ3) is 5.77. The summed E-state index contributed by atoms with van der Waals surface area (Å²) in [5.74, 6) is -0.425. The molecule has 41 heavy (non-hydrogen) atoms. The van der Waals surface area contributed by atoms with Crippen LogP contribution >= 0.6 is 0 Å². The lowest BCUT2D eigenvalue weighted by Gasteiger charge is -2.39. The van der Waals surface area contributed by atoms with E-state index in [2.05, 4.69) is 18.4 Å². The second-order valence-electron chi connectivity index (χ2n) is 13.4. The predicted molar refractivity (Wildman–Crippen MR) is 161 cm³/mol. The van der Waals surface area contributed by atoms with Gasteiger partial charge in [-0.25, -0.2) is 9.18 Å². The Morgan fingerprint density at radius 3 is 2.46 bits per heavy atom. The number of hydrogen-bond acceptors (Lipinski definition) is 4. The van der Waals surface area contributed by atoms with Gasteiger partial charge in [-0.1, -0.05) is 25.8 Å². The minimum absolute atomic E-state index is 0.335. The number of aliphatic carboxylic acids is 1. The summed E-state index contributed by atoms with van der Waals surface area (Å²) >= 11 is 0. The third-order valence-electron chi connectivity index (χ3n) is 9.36. The second-order valence-corrected chi connectivity index (χ2v) is 13.4. The minimum Gasteiger partial charge on any atom is -0.490 e. The minimum atomic E-state index is -1.20. The molecule has 2 aromatic carbocycles. The van der Waals surface area contributed by atoms with Crippen molar-refractivity contribution >= 4 is 5.97 Å². The maximum atomic E-state index is 15.6. The second kappa shape index (κ2) is 11.4. The van der Waals surface area contributed by atoms with Crippen LogP contribution in [0.5, 0.6) is 5.75 Å². The first-order chi connectivity index (χ1) is 19.4. The molecule has 0 saturated heterocycles. The molecule has 0 bridgehead atoms. The monoisotopic (exact) mass is 563 g/mol. The number of rotatable bonds is 6. The van der Waals surface area contributed by atoms with Crippen LogP contribution < -0.4 is 4.74 Å². The highest BCUT2D eigenvalue weighted by molar-refractivity contribution is 5.86. The van der Waals surface area contributed by atoms with Crippen molar-refractivity contribution in [3.05, 3.63) is 63.1 Å². The van der Waals surface area contributed by atoms with Gasteiger partial charge in [-0.05, 0) is 118 Å². The number of ether oxygens (including phenoxy) is 2. The van der Waals surface area contributed by atoms with Gasteiger partial charge in [0.25, 0.3) is 0 Å². The van der Waals surface area contributed by atoms with Crippen molar-refractivity contribution in [2.75, 3.05) is 13.2 Å². The number of benzene rings is 2. The molecule has 0 aromatic heterocycles. The molecule has 0 unspecified atom stereocenters. The van der Waals surface area contributed by atoms with Gasteiger partial charge < -0.3 is 19.5 Å². The molecule has 0 spiro atoms. The highest BCUT2D eigenvalue weighted by Gasteiger charge is 2.36. The number of carboxylic acid groups (broad SMARTS) is 1. The summed E-state index contributed by atoms with van der Waals surface area (Å²) < 4.78 is 27.6. The average Bonchev–Trinajstić information content (AvgIpc) is 2.92. The first-order valence-corrected chi connectivity index (χ1v) is 15.3. The molecule has 3 aliphatic rings. The zero-order valence-corrected chi connectivity index (χ0v) is 25.7. The van der Waals surface area contributed by atoms with Gasteiger partial charge in [-0.2, -0.15) is 0 Å². The van der Waals surface area contributed by atoms with E-state index in [0.29, 0.717) is 30.3 Å². The standard InChI is InChI=1S/C35H46FNO4/c1-20-16-26-22(3)31(33(34(38)39)41-35(5,6)7)30(27-17-29(36)32-25(21(27)2)14-11-15-40-32)23(4)28(26)19-37(20)18-24-12-9-8-10-13-24/h17,24,33H,1,8-16,18-19H2,2-7H3,(H,38,39)/t33-/m0/s1. The Labute approximate surface area is 244 Å². The predicted octanol–water partition coefficient (Wildman–Crippen LogP) is 8.14. The van der Waals surface area contributed by atoms with Gasteiger partial charge >= 0.3 is 5.97 Å². The fourth-order valence-electron chi connectivity index (χ4n) is 7.28. The van der Waals surface area contributed by atoms with Gasteiger partial charge in [0.05, 0.1) is 12.2 Å². The first-order valence-electron chi connectivity index (χ1n) is 15.3. The van der Waals surface area contributed by atoms with Crippen molar-refractivity contribution in [2.45, 2.75) is 111 Å². The van der Waals surface area contributed by atoms with Gasteiger partial charge in [0.2, 0.25) is 0 Å². The molecule has 0 amide bonds. The van der Waals surface area contributed by atoms with E-state index in [4.69, 9.17) is 9.47 Å². The molecule has 1 fully saturated rings. The van der Waals surface area contributed by atoms with Crippen LogP contribution in [0.1, 0.15) is 104 Å². The van der Waals surface area contributed by atoms with Crippen LogP contribution in [-0.2, 0) is 28.9 Å². The number of allylic oxidation sites excluding steroid dienone is 1. The van der Waals surface area contributed by atoms with E-state index >= 15 is 4.39 Å². The van der Waals surface area contributed by atoms with Crippen molar-refractivity contribution in [3.63, 3.8) is 0 Å². The molecule has 1 aliphatic carbocycles.